The zero-order valence-corrected chi connectivity index (χ0v) is 17.6. The van der Waals surface area contributed by atoms with Crippen molar-refractivity contribution >= 4 is 45.5 Å². The van der Waals surface area contributed by atoms with E-state index in [4.69, 9.17) is 14.6 Å². The number of rotatable bonds is 1. The Labute approximate surface area is 172 Å². The van der Waals surface area contributed by atoms with E-state index < -0.39 is 4.33 Å². The molecule has 146 valence electrons. The van der Waals surface area contributed by atoms with Crippen LogP contribution in [0.1, 0.15) is 12.5 Å². The molecule has 2 fully saturated rings. The molecule has 1 N–H and O–H groups in total. The number of aliphatic imine (C=N–C) groups is 1. The van der Waals surface area contributed by atoms with Crippen molar-refractivity contribution in [1.29, 1.82) is 0 Å². The van der Waals surface area contributed by atoms with E-state index in [0.717, 1.165) is 28.8 Å². The van der Waals surface area contributed by atoms with Gasteiger partial charge in [-0.1, -0.05) is 18.2 Å². The monoisotopic (exact) mass is 418 g/mol. The Bertz CT molecular complexity index is 945. The lowest BCUT2D eigenvalue weighted by atomic mass is 10.1. The van der Waals surface area contributed by atoms with Gasteiger partial charge in [0, 0.05) is 7.05 Å². The molecule has 2 unspecified atom stereocenters. The summed E-state index contributed by atoms with van der Waals surface area (Å²) in [4.78, 5) is 4.40. The Morgan fingerprint density at radius 3 is 2.89 bits per heavy atom. The van der Waals surface area contributed by atoms with Gasteiger partial charge in [-0.25, -0.2) is 4.58 Å². The molecule has 8 nitrogen and oxygen atoms in total. The van der Waals surface area contributed by atoms with Gasteiger partial charge in [0.2, 0.25) is 5.17 Å². The van der Waals surface area contributed by atoms with Gasteiger partial charge in [-0.05, 0) is 33.9 Å². The van der Waals surface area contributed by atoms with Crippen LogP contribution >= 0.6 is 23.5 Å². The molecule has 4 heterocycles. The van der Waals surface area contributed by atoms with E-state index in [9.17, 15) is 0 Å². The molecule has 0 aliphatic carbocycles. The van der Waals surface area contributed by atoms with Gasteiger partial charge in [-0.2, -0.15) is 0 Å². The van der Waals surface area contributed by atoms with Crippen LogP contribution in [0.4, 0.5) is 0 Å². The Morgan fingerprint density at radius 2 is 2.18 bits per heavy atom. The Morgan fingerprint density at radius 1 is 1.36 bits per heavy atom. The van der Waals surface area contributed by atoms with Gasteiger partial charge in [-0.15, -0.1) is 5.43 Å². The predicted octanol–water partition coefficient (Wildman–Crippen LogP) is 1.15. The number of methoxy groups -OCH3 is 1. The molecule has 4 aliphatic rings. The maximum absolute atomic E-state index is 5.69. The van der Waals surface area contributed by atoms with Crippen LogP contribution in [0.15, 0.2) is 40.4 Å². The molecule has 0 saturated carbocycles. The molecule has 0 amide bonds. The van der Waals surface area contributed by atoms with E-state index in [0.29, 0.717) is 18.4 Å². The smallest absolute Gasteiger partial charge is 0.465 e. The number of hydrazine groups is 1. The first kappa shape index (κ1) is 18.0. The summed E-state index contributed by atoms with van der Waals surface area (Å²) in [7, 11) is 3.46. The molecule has 2 saturated heterocycles. The highest BCUT2D eigenvalue weighted by Gasteiger charge is 2.77. The van der Waals surface area contributed by atoms with Gasteiger partial charge in [-0.3, -0.25) is 4.99 Å². The molecule has 0 radical (unpaired) electrons. The second kappa shape index (κ2) is 6.78. The molecule has 1 aromatic rings. The lowest BCUT2D eigenvalue weighted by Crippen LogP contribution is -2.48. The van der Waals surface area contributed by atoms with Crippen molar-refractivity contribution in [3.63, 3.8) is 0 Å². The van der Waals surface area contributed by atoms with Gasteiger partial charge < -0.3 is 9.47 Å². The van der Waals surface area contributed by atoms with Crippen molar-refractivity contribution in [2.45, 2.75) is 17.3 Å². The molecular weight excluding hydrogens is 396 g/mol. The Kier molecular flexibility index (Phi) is 4.37. The zero-order chi connectivity index (χ0) is 19.3. The van der Waals surface area contributed by atoms with Crippen molar-refractivity contribution in [1.82, 2.24) is 10.4 Å². The molecule has 5 rings (SSSR count). The third kappa shape index (κ3) is 2.51. The third-order valence-corrected chi connectivity index (χ3v) is 7.72. The fraction of sp³-hybridized carbons (Fsp3) is 0.444. The molecule has 0 aromatic heterocycles. The molecule has 0 bridgehead atoms. The van der Waals surface area contributed by atoms with Crippen LogP contribution < -0.4 is 5.43 Å². The highest BCUT2D eigenvalue weighted by Crippen LogP contribution is 2.52. The van der Waals surface area contributed by atoms with Gasteiger partial charge in [0.25, 0.3) is 0 Å². The molecule has 2 atom stereocenters. The van der Waals surface area contributed by atoms with E-state index in [1.807, 2.05) is 6.07 Å². The second-order valence-corrected chi connectivity index (χ2v) is 9.31. The van der Waals surface area contributed by atoms with Crippen molar-refractivity contribution in [2.24, 2.45) is 10.1 Å². The summed E-state index contributed by atoms with van der Waals surface area (Å²) in [6.07, 6.45) is 0. The lowest BCUT2D eigenvalue weighted by molar-refractivity contribution is -0.599. The van der Waals surface area contributed by atoms with Crippen LogP contribution in [0.25, 0.3) is 0 Å². The van der Waals surface area contributed by atoms with E-state index in [1.54, 1.807) is 37.7 Å². The molecule has 1 aromatic carbocycles. The number of hydrogen-bond acceptors (Lipinski definition) is 6. The summed E-state index contributed by atoms with van der Waals surface area (Å²) in [6.45, 7) is 4.40. The molecule has 4 aliphatic heterocycles. The fourth-order valence-electron chi connectivity index (χ4n) is 3.80. The number of amidine groups is 2. The van der Waals surface area contributed by atoms with Crippen LogP contribution in [0.2, 0.25) is 0 Å². The van der Waals surface area contributed by atoms with Crippen LogP contribution in [0.3, 0.4) is 0 Å². The lowest BCUT2D eigenvalue weighted by Gasteiger charge is -2.23. The first-order valence-corrected chi connectivity index (χ1v) is 10.8. The summed E-state index contributed by atoms with van der Waals surface area (Å²) in [6, 6.07) is 10.7. The average Bonchev–Trinajstić information content (AvgIpc) is 3.34. The van der Waals surface area contributed by atoms with E-state index >= 15 is 0 Å². The minimum atomic E-state index is -0.529. The highest BCUT2D eigenvalue weighted by molar-refractivity contribution is 8.31. The maximum atomic E-state index is 5.69. The summed E-state index contributed by atoms with van der Waals surface area (Å²) in [5.74, 6) is 1.07. The number of hydrogen-bond donors (Lipinski definition) is 1. The largest absolute Gasteiger partial charge is 0.473 e. The molecule has 28 heavy (non-hydrogen) atoms. The fourth-order valence-corrected chi connectivity index (χ4v) is 6.21. The van der Waals surface area contributed by atoms with Crippen molar-refractivity contribution in [3.8, 4) is 0 Å². The SMILES string of the molecule is CN=C1N[N+]2=C(c3ccccc3)C(=[N+]3CCOCC3C)N3N=C(OC)SC32S1. The molecule has 1 spiro atoms. The number of thioether (sulfide) groups is 2. The van der Waals surface area contributed by atoms with Crippen LogP contribution in [-0.2, 0) is 9.47 Å². The van der Waals surface area contributed by atoms with E-state index in [-0.39, 0.29) is 6.04 Å². The summed E-state index contributed by atoms with van der Waals surface area (Å²) in [5, 5.41) is 8.41. The first-order valence-electron chi connectivity index (χ1n) is 9.16. The standard InChI is InChI=1S/C18H21N6O2S2/c1-12-11-26-10-9-22(12)15-14(13-7-5-4-6-8-13)23-18(27-16(19-2)20-23)24(15)21-17(25-3)28-18/h4-8,12H,9-11H2,1-3H3/q+1/p+1. The number of nitrogens with one attached hydrogen (secondary N) is 1. The minimum absolute atomic E-state index is 0.246. The van der Waals surface area contributed by atoms with Crippen LogP contribution in [0.5, 0.6) is 0 Å². The maximum Gasteiger partial charge on any atom is 0.465 e. The van der Waals surface area contributed by atoms with Gasteiger partial charge in [0.15, 0.2) is 0 Å². The van der Waals surface area contributed by atoms with E-state index in [1.165, 1.54) is 0 Å². The first-order chi connectivity index (χ1) is 13.7. The van der Waals surface area contributed by atoms with Crippen molar-refractivity contribution in [2.75, 3.05) is 33.9 Å². The molecular formula is C18H22N6O2S2+2. The average molecular weight is 419 g/mol. The summed E-state index contributed by atoms with van der Waals surface area (Å²) >= 11 is 3.23. The predicted molar refractivity (Wildman–Crippen MR) is 112 cm³/mol. The van der Waals surface area contributed by atoms with Crippen molar-refractivity contribution in [3.05, 3.63) is 35.9 Å². The number of ether oxygens (including phenoxy) is 2. The second-order valence-electron chi connectivity index (χ2n) is 6.77. The summed E-state index contributed by atoms with van der Waals surface area (Å²) < 4.78 is 15.2. The van der Waals surface area contributed by atoms with Gasteiger partial charge in [0.1, 0.15) is 12.6 Å². The Balaban J connectivity index is 1.78. The minimum Gasteiger partial charge on any atom is -0.473 e. The summed E-state index contributed by atoms with van der Waals surface area (Å²) in [5.41, 5.74) is 5.70. The van der Waals surface area contributed by atoms with Crippen LogP contribution in [-0.4, -0.2) is 80.5 Å². The normalized spacial score (nSPS) is 33.1. The number of nitrogens with zero attached hydrogens (tertiary/aromatic N) is 5. The molecule has 10 heteroatoms. The number of hydrazone groups is 2. The zero-order valence-electron chi connectivity index (χ0n) is 16.0. The quantitative estimate of drug-likeness (QED) is 0.691. The van der Waals surface area contributed by atoms with Crippen molar-refractivity contribution < 1.29 is 18.7 Å². The number of benzene rings is 1. The van der Waals surface area contributed by atoms with Crippen LogP contribution in [0, 0.1) is 0 Å². The topological polar surface area (TPSA) is 64.5 Å². The Hall–Kier alpha value is -2.04. The highest BCUT2D eigenvalue weighted by atomic mass is 32.2. The van der Waals surface area contributed by atoms with E-state index in [2.05, 4.69) is 55.9 Å². The van der Waals surface area contributed by atoms with Gasteiger partial charge in [0.05, 0.1) is 49.4 Å². The number of morpholine rings is 1. The third-order valence-electron chi connectivity index (χ3n) is 5.09. The van der Waals surface area contributed by atoms with Gasteiger partial charge >= 0.3 is 21.1 Å².